The molecule has 3 N–H and O–H groups in total. The van der Waals surface area contributed by atoms with Gasteiger partial charge in [0, 0.05) is 0 Å². The molecule has 2 atom stereocenters. The number of carboxylic acids is 1. The highest BCUT2D eigenvalue weighted by Crippen LogP contribution is 2.52. The molecule has 0 unspecified atom stereocenters. The van der Waals surface area contributed by atoms with Gasteiger partial charge in [-0.2, -0.15) is 0 Å². The van der Waals surface area contributed by atoms with E-state index < -0.39 is 5.97 Å². The Hall–Kier alpha value is -0.570. The van der Waals surface area contributed by atoms with Gasteiger partial charge in [0.05, 0.1) is 6.42 Å². The Bertz CT molecular complexity index is 183. The molecule has 1 rings (SSSR count). The highest BCUT2D eigenvalue weighted by atomic mass is 16.4. The minimum atomic E-state index is -0.723. The smallest absolute Gasteiger partial charge is 0.303 e. The van der Waals surface area contributed by atoms with Gasteiger partial charge in [-0.05, 0) is 30.2 Å². The molecule has 0 bridgehead atoms. The second-order valence-electron chi connectivity index (χ2n) is 4.05. The van der Waals surface area contributed by atoms with Crippen molar-refractivity contribution in [2.24, 2.45) is 23.0 Å². The summed E-state index contributed by atoms with van der Waals surface area (Å²) in [6.45, 7) is 4.69. The van der Waals surface area contributed by atoms with E-state index in [1.54, 1.807) is 0 Å². The normalized spacial score (nSPS) is 32.6. The van der Waals surface area contributed by atoms with Crippen molar-refractivity contribution in [1.82, 2.24) is 0 Å². The number of nitrogens with two attached hydrogens (primary N) is 1. The lowest BCUT2D eigenvalue weighted by Gasteiger charge is -2.52. The van der Waals surface area contributed by atoms with Crippen LogP contribution in [0.2, 0.25) is 0 Å². The van der Waals surface area contributed by atoms with Gasteiger partial charge in [-0.1, -0.05) is 13.8 Å². The van der Waals surface area contributed by atoms with Crippen molar-refractivity contribution < 1.29 is 9.90 Å². The number of hydrogen-bond acceptors (Lipinski definition) is 2. The van der Waals surface area contributed by atoms with Crippen LogP contribution in [-0.2, 0) is 4.79 Å². The van der Waals surface area contributed by atoms with E-state index in [0.29, 0.717) is 18.4 Å². The summed E-state index contributed by atoms with van der Waals surface area (Å²) in [5, 5.41) is 8.73. The van der Waals surface area contributed by atoms with Gasteiger partial charge in [0.15, 0.2) is 0 Å². The van der Waals surface area contributed by atoms with Crippen molar-refractivity contribution in [3.8, 4) is 0 Å². The van der Waals surface area contributed by atoms with Crippen molar-refractivity contribution >= 4 is 5.97 Å². The third kappa shape index (κ3) is 1.22. The minimum absolute atomic E-state index is 0.119. The van der Waals surface area contributed by atoms with Crippen LogP contribution in [0.5, 0.6) is 0 Å². The number of rotatable bonds is 3. The molecule has 0 heterocycles. The van der Waals surface area contributed by atoms with Crippen LogP contribution < -0.4 is 5.73 Å². The summed E-state index contributed by atoms with van der Waals surface area (Å²) in [4.78, 5) is 10.6. The monoisotopic (exact) mass is 171 g/mol. The third-order valence-corrected chi connectivity index (χ3v) is 3.53. The van der Waals surface area contributed by atoms with Gasteiger partial charge in [-0.15, -0.1) is 0 Å². The molecule has 0 amide bonds. The van der Waals surface area contributed by atoms with Crippen molar-refractivity contribution in [2.75, 3.05) is 6.54 Å². The van der Waals surface area contributed by atoms with Gasteiger partial charge < -0.3 is 10.8 Å². The summed E-state index contributed by atoms with van der Waals surface area (Å²) >= 11 is 0. The van der Waals surface area contributed by atoms with Crippen molar-refractivity contribution in [2.45, 2.75) is 26.7 Å². The lowest BCUT2D eigenvalue weighted by molar-refractivity contribution is -0.146. The molecule has 12 heavy (non-hydrogen) atoms. The number of carbonyl (C=O) groups is 1. The van der Waals surface area contributed by atoms with Crippen molar-refractivity contribution in [3.63, 3.8) is 0 Å². The first kappa shape index (κ1) is 9.52. The van der Waals surface area contributed by atoms with E-state index in [2.05, 4.69) is 13.8 Å². The summed E-state index contributed by atoms with van der Waals surface area (Å²) in [6, 6.07) is 0. The Balaban J connectivity index is 2.68. The largest absolute Gasteiger partial charge is 0.481 e. The Morgan fingerprint density at radius 2 is 2.08 bits per heavy atom. The second kappa shape index (κ2) is 3.05. The van der Waals surface area contributed by atoms with E-state index in [1.807, 2.05) is 0 Å². The fraction of sp³-hybridized carbons (Fsp3) is 0.889. The van der Waals surface area contributed by atoms with Crippen LogP contribution in [0, 0.1) is 17.3 Å². The lowest BCUT2D eigenvalue weighted by Crippen LogP contribution is -2.52. The molecule has 0 radical (unpaired) electrons. The second-order valence-corrected chi connectivity index (χ2v) is 4.05. The summed E-state index contributed by atoms with van der Waals surface area (Å²) in [5.41, 5.74) is 5.52. The molecule has 70 valence electrons. The van der Waals surface area contributed by atoms with Crippen LogP contribution in [0.25, 0.3) is 0 Å². The fourth-order valence-corrected chi connectivity index (χ4v) is 2.43. The molecular weight excluding hydrogens is 154 g/mol. The van der Waals surface area contributed by atoms with Gasteiger partial charge >= 0.3 is 5.97 Å². The first-order valence-electron chi connectivity index (χ1n) is 4.45. The number of hydrogen-bond donors (Lipinski definition) is 2. The molecule has 0 spiro atoms. The Kier molecular flexibility index (Phi) is 2.42. The SMILES string of the molecule is C[C@H]1C[C@H](C)C1(CN)CC(=O)O. The van der Waals surface area contributed by atoms with E-state index in [4.69, 9.17) is 10.8 Å². The average molecular weight is 171 g/mol. The molecule has 0 aromatic carbocycles. The molecule has 3 nitrogen and oxygen atoms in total. The molecule has 1 aliphatic carbocycles. The van der Waals surface area contributed by atoms with Crippen LogP contribution >= 0.6 is 0 Å². The third-order valence-electron chi connectivity index (χ3n) is 3.53. The topological polar surface area (TPSA) is 63.3 Å². The Morgan fingerprint density at radius 3 is 2.25 bits per heavy atom. The van der Waals surface area contributed by atoms with Crippen molar-refractivity contribution in [3.05, 3.63) is 0 Å². The molecular formula is C9H17NO2. The zero-order valence-electron chi connectivity index (χ0n) is 7.71. The lowest BCUT2D eigenvalue weighted by atomic mass is 9.52. The van der Waals surface area contributed by atoms with Gasteiger partial charge in [-0.25, -0.2) is 0 Å². The van der Waals surface area contributed by atoms with E-state index in [0.717, 1.165) is 6.42 Å². The van der Waals surface area contributed by atoms with E-state index in [1.165, 1.54) is 0 Å². The average Bonchev–Trinajstić information content (AvgIpc) is 2.00. The fourth-order valence-electron chi connectivity index (χ4n) is 2.43. The van der Waals surface area contributed by atoms with Crippen LogP contribution in [0.4, 0.5) is 0 Å². The molecule has 0 aromatic heterocycles. The predicted molar refractivity (Wildman–Crippen MR) is 46.7 cm³/mol. The highest BCUT2D eigenvalue weighted by Gasteiger charge is 2.50. The summed E-state index contributed by atoms with van der Waals surface area (Å²) < 4.78 is 0. The van der Waals surface area contributed by atoms with Gasteiger partial charge in [0.1, 0.15) is 0 Å². The predicted octanol–water partition coefficient (Wildman–Crippen LogP) is 1.08. The summed E-state index contributed by atoms with van der Waals surface area (Å²) in [7, 11) is 0. The summed E-state index contributed by atoms with van der Waals surface area (Å²) in [6.07, 6.45) is 1.34. The molecule has 3 heteroatoms. The van der Waals surface area contributed by atoms with Crippen LogP contribution in [0.1, 0.15) is 26.7 Å². The van der Waals surface area contributed by atoms with Gasteiger partial charge in [-0.3, -0.25) is 4.79 Å². The Morgan fingerprint density at radius 1 is 1.58 bits per heavy atom. The molecule has 0 saturated heterocycles. The molecule has 1 fully saturated rings. The standard InChI is InChI=1S/C9H17NO2/c1-6-3-7(2)9(6,5-10)4-8(11)12/h6-7H,3-5,10H2,1-2H3,(H,11,12)/t6-,7-/m0/s1. The van der Waals surface area contributed by atoms with E-state index in [9.17, 15) is 4.79 Å². The van der Waals surface area contributed by atoms with Crippen molar-refractivity contribution in [1.29, 1.82) is 0 Å². The van der Waals surface area contributed by atoms with Gasteiger partial charge in [0.2, 0.25) is 0 Å². The molecule has 0 aromatic rings. The quantitative estimate of drug-likeness (QED) is 0.668. The zero-order chi connectivity index (χ0) is 9.35. The Labute approximate surface area is 72.9 Å². The molecule has 1 aliphatic rings. The molecule has 1 saturated carbocycles. The van der Waals surface area contributed by atoms with E-state index >= 15 is 0 Å². The molecule has 0 aliphatic heterocycles. The number of aliphatic carboxylic acids is 1. The van der Waals surface area contributed by atoms with Crippen LogP contribution in [-0.4, -0.2) is 17.6 Å². The maximum atomic E-state index is 10.6. The first-order chi connectivity index (χ1) is 5.53. The highest BCUT2D eigenvalue weighted by molar-refractivity contribution is 5.68. The maximum absolute atomic E-state index is 10.6. The minimum Gasteiger partial charge on any atom is -0.481 e. The van der Waals surface area contributed by atoms with Crippen LogP contribution in [0.3, 0.4) is 0 Å². The maximum Gasteiger partial charge on any atom is 0.303 e. The van der Waals surface area contributed by atoms with Gasteiger partial charge in [0.25, 0.3) is 0 Å². The van der Waals surface area contributed by atoms with Crippen LogP contribution in [0.15, 0.2) is 0 Å². The van der Waals surface area contributed by atoms with E-state index in [-0.39, 0.29) is 11.8 Å². The number of carboxylic acid groups (broad SMARTS) is 1. The first-order valence-corrected chi connectivity index (χ1v) is 4.45. The summed E-state index contributed by atoms with van der Waals surface area (Å²) in [5.74, 6) is 0.209. The zero-order valence-corrected chi connectivity index (χ0v) is 7.71.